The second kappa shape index (κ2) is 6.91. The van der Waals surface area contributed by atoms with Gasteiger partial charge in [0.2, 0.25) is 0 Å². The van der Waals surface area contributed by atoms with Gasteiger partial charge in [-0.25, -0.2) is 0 Å². The molecule has 2 aromatic carbocycles. The summed E-state index contributed by atoms with van der Waals surface area (Å²) in [4.78, 5) is 12.3. The van der Waals surface area contributed by atoms with Gasteiger partial charge < -0.3 is 0 Å². The standard InChI is InChI=1S/C21H26O/c1-16-15-18(13-14-19(16)21(2,3)4)20(22)12-8-11-17-9-6-5-7-10-17/h5-7,9-10,13-15H,8,11-12H2,1-4H3. The van der Waals surface area contributed by atoms with Crippen LogP contribution in [0.1, 0.15) is 60.7 Å². The first-order chi connectivity index (χ1) is 10.4. The average molecular weight is 294 g/mol. The van der Waals surface area contributed by atoms with E-state index in [-0.39, 0.29) is 11.2 Å². The molecular formula is C21H26O. The Labute approximate surface area is 134 Å². The molecule has 0 amide bonds. The Balaban J connectivity index is 1.97. The lowest BCUT2D eigenvalue weighted by Crippen LogP contribution is -2.13. The molecule has 116 valence electrons. The highest BCUT2D eigenvalue weighted by molar-refractivity contribution is 5.96. The monoisotopic (exact) mass is 294 g/mol. The van der Waals surface area contributed by atoms with Crippen LogP contribution in [0.2, 0.25) is 0 Å². The summed E-state index contributed by atoms with van der Waals surface area (Å²) in [6.07, 6.45) is 2.48. The summed E-state index contributed by atoms with van der Waals surface area (Å²) in [6.45, 7) is 8.71. The third kappa shape index (κ3) is 4.30. The predicted octanol–water partition coefficient (Wildman–Crippen LogP) is 5.50. The van der Waals surface area contributed by atoms with Crippen LogP contribution in [0.4, 0.5) is 0 Å². The summed E-state index contributed by atoms with van der Waals surface area (Å²) in [5.41, 5.74) is 4.79. The normalized spacial score (nSPS) is 11.5. The van der Waals surface area contributed by atoms with E-state index >= 15 is 0 Å². The number of aryl methyl sites for hydroxylation is 2. The van der Waals surface area contributed by atoms with E-state index in [4.69, 9.17) is 0 Å². The number of benzene rings is 2. The fourth-order valence-electron chi connectivity index (χ4n) is 2.92. The molecule has 0 aromatic heterocycles. The summed E-state index contributed by atoms with van der Waals surface area (Å²) >= 11 is 0. The van der Waals surface area contributed by atoms with E-state index in [1.54, 1.807) is 0 Å². The van der Waals surface area contributed by atoms with E-state index in [2.05, 4.69) is 45.9 Å². The first kappa shape index (κ1) is 16.5. The zero-order valence-corrected chi connectivity index (χ0v) is 14.1. The molecule has 0 bridgehead atoms. The molecule has 2 aromatic rings. The van der Waals surface area contributed by atoms with E-state index in [0.29, 0.717) is 6.42 Å². The number of rotatable bonds is 5. The summed E-state index contributed by atoms with van der Waals surface area (Å²) < 4.78 is 0. The molecule has 0 fully saturated rings. The highest BCUT2D eigenvalue weighted by Crippen LogP contribution is 2.26. The quantitative estimate of drug-likeness (QED) is 0.666. The van der Waals surface area contributed by atoms with Crippen molar-refractivity contribution in [3.63, 3.8) is 0 Å². The molecule has 0 N–H and O–H groups in total. The zero-order chi connectivity index (χ0) is 16.2. The van der Waals surface area contributed by atoms with Crippen molar-refractivity contribution in [1.29, 1.82) is 0 Å². The van der Waals surface area contributed by atoms with Crippen LogP contribution in [-0.2, 0) is 11.8 Å². The Hall–Kier alpha value is -1.89. The van der Waals surface area contributed by atoms with E-state index < -0.39 is 0 Å². The first-order valence-corrected chi connectivity index (χ1v) is 8.06. The van der Waals surface area contributed by atoms with Gasteiger partial charge in [0.25, 0.3) is 0 Å². The molecule has 0 spiro atoms. The van der Waals surface area contributed by atoms with Crippen molar-refractivity contribution in [2.24, 2.45) is 0 Å². The van der Waals surface area contributed by atoms with Crippen LogP contribution in [0.15, 0.2) is 48.5 Å². The highest BCUT2D eigenvalue weighted by Gasteiger charge is 2.17. The van der Waals surface area contributed by atoms with Gasteiger partial charge in [0.05, 0.1) is 0 Å². The molecule has 0 atom stereocenters. The molecule has 0 saturated heterocycles. The van der Waals surface area contributed by atoms with Crippen molar-refractivity contribution in [1.82, 2.24) is 0 Å². The number of hydrogen-bond acceptors (Lipinski definition) is 1. The fraction of sp³-hybridized carbons (Fsp3) is 0.381. The largest absolute Gasteiger partial charge is 0.294 e. The minimum absolute atomic E-state index is 0.124. The molecule has 0 aliphatic heterocycles. The van der Waals surface area contributed by atoms with Crippen molar-refractivity contribution in [3.8, 4) is 0 Å². The maximum Gasteiger partial charge on any atom is 0.162 e. The molecule has 0 saturated carbocycles. The van der Waals surface area contributed by atoms with Crippen molar-refractivity contribution < 1.29 is 4.79 Å². The van der Waals surface area contributed by atoms with Crippen LogP contribution in [0.25, 0.3) is 0 Å². The number of Topliss-reactive ketones (excluding diaryl/α,β-unsaturated/α-hetero) is 1. The van der Waals surface area contributed by atoms with Gasteiger partial charge >= 0.3 is 0 Å². The maximum absolute atomic E-state index is 12.3. The van der Waals surface area contributed by atoms with Gasteiger partial charge in [0, 0.05) is 12.0 Å². The van der Waals surface area contributed by atoms with Crippen LogP contribution in [-0.4, -0.2) is 5.78 Å². The lowest BCUT2D eigenvalue weighted by molar-refractivity contribution is 0.0980. The molecule has 1 heteroatoms. The molecule has 0 aliphatic carbocycles. The molecular weight excluding hydrogens is 268 g/mol. The average Bonchev–Trinajstić information content (AvgIpc) is 2.46. The Bertz CT molecular complexity index is 633. The smallest absolute Gasteiger partial charge is 0.162 e. The number of ketones is 1. The summed E-state index contributed by atoms with van der Waals surface area (Å²) in [5, 5.41) is 0. The van der Waals surface area contributed by atoms with Crippen molar-refractivity contribution >= 4 is 5.78 Å². The molecule has 0 radical (unpaired) electrons. The van der Waals surface area contributed by atoms with Crippen LogP contribution >= 0.6 is 0 Å². The molecule has 1 nitrogen and oxygen atoms in total. The van der Waals surface area contributed by atoms with Gasteiger partial charge in [0.15, 0.2) is 5.78 Å². The highest BCUT2D eigenvalue weighted by atomic mass is 16.1. The number of carbonyl (C=O) groups is 1. The van der Waals surface area contributed by atoms with E-state index in [9.17, 15) is 4.79 Å². The Morgan fingerprint density at radius 1 is 1.00 bits per heavy atom. The molecule has 0 heterocycles. The van der Waals surface area contributed by atoms with Gasteiger partial charge in [-0.3, -0.25) is 4.79 Å². The van der Waals surface area contributed by atoms with Crippen LogP contribution in [0, 0.1) is 6.92 Å². The number of carbonyl (C=O) groups excluding carboxylic acids is 1. The van der Waals surface area contributed by atoms with E-state index in [1.807, 2.05) is 30.3 Å². The molecule has 22 heavy (non-hydrogen) atoms. The zero-order valence-electron chi connectivity index (χ0n) is 14.1. The summed E-state index contributed by atoms with van der Waals surface area (Å²) in [7, 11) is 0. The lowest BCUT2D eigenvalue weighted by Gasteiger charge is -2.22. The minimum atomic E-state index is 0.124. The topological polar surface area (TPSA) is 17.1 Å². The predicted molar refractivity (Wildman–Crippen MR) is 93.6 cm³/mol. The minimum Gasteiger partial charge on any atom is -0.294 e. The third-order valence-corrected chi connectivity index (χ3v) is 4.07. The first-order valence-electron chi connectivity index (χ1n) is 8.06. The van der Waals surface area contributed by atoms with Gasteiger partial charge in [-0.2, -0.15) is 0 Å². The summed E-state index contributed by atoms with van der Waals surface area (Å²) in [6, 6.07) is 16.5. The molecule has 2 rings (SSSR count). The van der Waals surface area contributed by atoms with E-state index in [1.165, 1.54) is 16.7 Å². The van der Waals surface area contributed by atoms with Crippen LogP contribution in [0.5, 0.6) is 0 Å². The Morgan fingerprint density at radius 2 is 1.68 bits per heavy atom. The SMILES string of the molecule is Cc1cc(C(=O)CCCc2ccccc2)ccc1C(C)(C)C. The third-order valence-electron chi connectivity index (χ3n) is 4.07. The van der Waals surface area contributed by atoms with Crippen LogP contribution in [0.3, 0.4) is 0 Å². The Kier molecular flexibility index (Phi) is 5.18. The van der Waals surface area contributed by atoms with Crippen molar-refractivity contribution in [2.45, 2.75) is 52.4 Å². The Morgan fingerprint density at radius 3 is 2.27 bits per heavy atom. The van der Waals surface area contributed by atoms with Gasteiger partial charge in [-0.15, -0.1) is 0 Å². The van der Waals surface area contributed by atoms with Crippen molar-refractivity contribution in [2.75, 3.05) is 0 Å². The lowest BCUT2D eigenvalue weighted by atomic mass is 9.83. The van der Waals surface area contributed by atoms with Gasteiger partial charge in [-0.1, -0.05) is 63.2 Å². The molecule has 0 unspecified atom stereocenters. The van der Waals surface area contributed by atoms with Gasteiger partial charge in [-0.05, 0) is 47.9 Å². The second-order valence-corrected chi connectivity index (χ2v) is 7.04. The van der Waals surface area contributed by atoms with Crippen molar-refractivity contribution in [3.05, 3.63) is 70.8 Å². The van der Waals surface area contributed by atoms with E-state index in [0.717, 1.165) is 18.4 Å². The molecule has 0 aliphatic rings. The second-order valence-electron chi connectivity index (χ2n) is 7.04. The summed E-state index contributed by atoms with van der Waals surface area (Å²) in [5.74, 6) is 0.250. The van der Waals surface area contributed by atoms with Crippen LogP contribution < -0.4 is 0 Å². The fourth-order valence-corrected chi connectivity index (χ4v) is 2.92. The maximum atomic E-state index is 12.3. The number of hydrogen-bond donors (Lipinski definition) is 0. The van der Waals surface area contributed by atoms with Gasteiger partial charge in [0.1, 0.15) is 0 Å².